The van der Waals surface area contributed by atoms with Gasteiger partial charge in [0.1, 0.15) is 11.9 Å². The van der Waals surface area contributed by atoms with Crippen LogP contribution in [0, 0.1) is 5.82 Å². The molecule has 2 fully saturated rings. The van der Waals surface area contributed by atoms with Crippen molar-refractivity contribution in [2.24, 2.45) is 5.73 Å². The van der Waals surface area contributed by atoms with Crippen LogP contribution in [0.5, 0.6) is 0 Å². The van der Waals surface area contributed by atoms with Gasteiger partial charge < -0.3 is 15.6 Å². The van der Waals surface area contributed by atoms with Gasteiger partial charge in [0, 0.05) is 6.54 Å². The molecule has 1 amide bonds. The lowest BCUT2D eigenvalue weighted by atomic mass is 9.92. The van der Waals surface area contributed by atoms with Gasteiger partial charge >= 0.3 is 6.09 Å². The van der Waals surface area contributed by atoms with Crippen molar-refractivity contribution < 1.29 is 19.0 Å². The Morgan fingerprint density at radius 3 is 2.95 bits per heavy atom. The minimum atomic E-state index is -0.493. The molecule has 1 aromatic rings. The first kappa shape index (κ1) is 15.6. The zero-order valence-electron chi connectivity index (χ0n) is 12.1. The number of ether oxygens (including phenoxy) is 1. The van der Waals surface area contributed by atoms with E-state index in [0.717, 1.165) is 12.2 Å². The molecule has 3 N–H and O–H groups in total. The van der Waals surface area contributed by atoms with Crippen molar-refractivity contribution >= 4 is 23.5 Å². The maximum absolute atomic E-state index is 14.4. The smallest absolute Gasteiger partial charge is 0.414 e. The first-order valence-electron chi connectivity index (χ1n) is 7.36. The van der Waals surface area contributed by atoms with E-state index in [1.54, 1.807) is 12.1 Å². The predicted molar refractivity (Wildman–Crippen MR) is 83.5 cm³/mol. The molecule has 0 saturated carbocycles. The van der Waals surface area contributed by atoms with Gasteiger partial charge in [0.25, 0.3) is 0 Å². The summed E-state index contributed by atoms with van der Waals surface area (Å²) in [5.41, 5.74) is 6.15. The lowest BCUT2D eigenvalue weighted by molar-refractivity contribution is 0.145. The van der Waals surface area contributed by atoms with Crippen molar-refractivity contribution in [3.8, 4) is 0 Å². The second-order valence-electron chi connectivity index (χ2n) is 5.60. The van der Waals surface area contributed by atoms with Crippen LogP contribution >= 0.6 is 11.8 Å². The number of hydrogen-bond acceptors (Lipinski definition) is 5. The van der Waals surface area contributed by atoms with Crippen LogP contribution in [0.15, 0.2) is 18.2 Å². The van der Waals surface area contributed by atoms with Crippen LogP contribution in [0.1, 0.15) is 24.3 Å². The van der Waals surface area contributed by atoms with E-state index in [1.807, 2.05) is 0 Å². The number of rotatable bonds is 3. The molecule has 0 spiro atoms. The van der Waals surface area contributed by atoms with E-state index < -0.39 is 11.5 Å². The topological polar surface area (TPSA) is 75.8 Å². The summed E-state index contributed by atoms with van der Waals surface area (Å²) in [7, 11) is 0. The Balaban J connectivity index is 1.79. The summed E-state index contributed by atoms with van der Waals surface area (Å²) in [5, 5.41) is 9.71. The molecule has 1 aromatic carbocycles. The molecule has 0 radical (unpaired) electrons. The highest BCUT2D eigenvalue weighted by atomic mass is 32.2. The van der Waals surface area contributed by atoms with Crippen molar-refractivity contribution in [1.82, 2.24) is 0 Å². The predicted octanol–water partition coefficient (Wildman–Crippen LogP) is 2.04. The van der Waals surface area contributed by atoms with Crippen LogP contribution in [0.4, 0.5) is 14.9 Å². The third-order valence-corrected chi connectivity index (χ3v) is 5.18. The number of amides is 1. The quantitative estimate of drug-likeness (QED) is 0.889. The number of benzene rings is 1. The van der Waals surface area contributed by atoms with Crippen LogP contribution in [0.3, 0.4) is 0 Å². The Morgan fingerprint density at radius 1 is 1.50 bits per heavy atom. The van der Waals surface area contributed by atoms with Crippen molar-refractivity contribution in [3.63, 3.8) is 0 Å². The fraction of sp³-hybridized carbons (Fsp3) is 0.533. The highest BCUT2D eigenvalue weighted by Crippen LogP contribution is 2.37. The molecule has 2 heterocycles. The number of nitrogens with two attached hydrogens (primary N) is 1. The standard InChI is InChI=1S/C15H19FN2O3S/c16-13-6-10(18-8-11(7-17)21-15(18)20)1-2-12(13)9-3-4-22-14(19)5-9/h1-2,6,9,11,14,19H,3-5,7-8,17H2/t9?,11-,14?/m0/s1. The SMILES string of the molecule is NC[C@H]1CN(c2ccc(C3CCSC(O)C3)c(F)c2)C(=O)O1. The van der Waals surface area contributed by atoms with Gasteiger partial charge in [0.15, 0.2) is 0 Å². The Labute approximate surface area is 132 Å². The van der Waals surface area contributed by atoms with Crippen molar-refractivity contribution in [1.29, 1.82) is 0 Å². The molecular formula is C15H19FN2O3S. The summed E-state index contributed by atoms with van der Waals surface area (Å²) in [6, 6.07) is 4.80. The molecule has 2 aliphatic heterocycles. The molecule has 7 heteroatoms. The zero-order chi connectivity index (χ0) is 15.7. The van der Waals surface area contributed by atoms with Gasteiger partial charge in [-0.05, 0) is 42.2 Å². The van der Waals surface area contributed by atoms with E-state index >= 15 is 0 Å². The molecule has 3 rings (SSSR count). The first-order valence-corrected chi connectivity index (χ1v) is 8.40. The minimum absolute atomic E-state index is 0.0209. The number of aliphatic hydroxyl groups excluding tert-OH is 1. The number of cyclic esters (lactones) is 1. The van der Waals surface area contributed by atoms with E-state index in [9.17, 15) is 14.3 Å². The maximum Gasteiger partial charge on any atom is 0.414 e. The molecule has 5 nitrogen and oxygen atoms in total. The van der Waals surface area contributed by atoms with Crippen LogP contribution in [0.25, 0.3) is 0 Å². The van der Waals surface area contributed by atoms with Crippen molar-refractivity contribution in [2.75, 3.05) is 23.7 Å². The van der Waals surface area contributed by atoms with Crippen LogP contribution in [0.2, 0.25) is 0 Å². The summed E-state index contributed by atoms with van der Waals surface area (Å²) in [5.74, 6) is 0.502. The Kier molecular flexibility index (Phi) is 4.56. The van der Waals surface area contributed by atoms with Crippen LogP contribution < -0.4 is 10.6 Å². The second kappa shape index (κ2) is 6.44. The summed E-state index contributed by atoms with van der Waals surface area (Å²) in [6.07, 6.45) is 0.564. The van der Waals surface area contributed by atoms with Gasteiger partial charge in [-0.2, -0.15) is 0 Å². The molecule has 2 aliphatic rings. The molecule has 22 heavy (non-hydrogen) atoms. The minimum Gasteiger partial charge on any atom is -0.443 e. The molecule has 2 unspecified atom stereocenters. The summed E-state index contributed by atoms with van der Waals surface area (Å²) in [6.45, 7) is 0.591. The van der Waals surface area contributed by atoms with Gasteiger partial charge in [-0.3, -0.25) is 4.90 Å². The van der Waals surface area contributed by atoms with E-state index in [0.29, 0.717) is 24.2 Å². The Bertz CT molecular complexity index is 572. The fourth-order valence-corrected chi connectivity index (χ4v) is 3.99. The highest BCUT2D eigenvalue weighted by molar-refractivity contribution is 7.99. The number of aliphatic hydroxyl groups is 1. The van der Waals surface area contributed by atoms with E-state index in [4.69, 9.17) is 10.5 Å². The van der Waals surface area contributed by atoms with E-state index in [1.165, 1.54) is 22.7 Å². The third-order valence-electron chi connectivity index (χ3n) is 4.14. The highest BCUT2D eigenvalue weighted by Gasteiger charge is 2.32. The van der Waals surface area contributed by atoms with E-state index in [2.05, 4.69) is 0 Å². The molecule has 3 atom stereocenters. The molecule has 0 aromatic heterocycles. The molecule has 120 valence electrons. The molecule has 2 saturated heterocycles. The maximum atomic E-state index is 14.4. The summed E-state index contributed by atoms with van der Waals surface area (Å²) < 4.78 is 19.5. The lowest BCUT2D eigenvalue weighted by Gasteiger charge is -2.26. The summed E-state index contributed by atoms with van der Waals surface area (Å²) >= 11 is 1.50. The van der Waals surface area contributed by atoms with Gasteiger partial charge in [-0.1, -0.05) is 6.07 Å². The van der Waals surface area contributed by atoms with Gasteiger partial charge in [-0.15, -0.1) is 11.8 Å². The molecule has 0 aliphatic carbocycles. The molecular weight excluding hydrogens is 307 g/mol. The number of halogens is 1. The summed E-state index contributed by atoms with van der Waals surface area (Å²) in [4.78, 5) is 13.2. The second-order valence-corrected chi connectivity index (χ2v) is 6.89. The number of thioether (sulfide) groups is 1. The lowest BCUT2D eigenvalue weighted by Crippen LogP contribution is -2.27. The molecule has 0 bridgehead atoms. The zero-order valence-corrected chi connectivity index (χ0v) is 12.9. The third kappa shape index (κ3) is 3.06. The average molecular weight is 326 g/mol. The largest absolute Gasteiger partial charge is 0.443 e. The Hall–Kier alpha value is -1.31. The first-order chi connectivity index (χ1) is 10.6. The fourth-order valence-electron chi connectivity index (χ4n) is 2.93. The number of carbonyl (C=O) groups excluding carboxylic acids is 1. The van der Waals surface area contributed by atoms with Crippen molar-refractivity contribution in [3.05, 3.63) is 29.6 Å². The van der Waals surface area contributed by atoms with Crippen LogP contribution in [-0.4, -0.2) is 41.6 Å². The number of hydrogen-bond donors (Lipinski definition) is 2. The number of carbonyl (C=O) groups is 1. The Morgan fingerprint density at radius 2 is 2.32 bits per heavy atom. The number of nitrogens with zero attached hydrogens (tertiary/aromatic N) is 1. The van der Waals surface area contributed by atoms with Gasteiger partial charge in [-0.25, -0.2) is 9.18 Å². The van der Waals surface area contributed by atoms with Gasteiger partial charge in [0.2, 0.25) is 0 Å². The normalized spacial score (nSPS) is 28.8. The van der Waals surface area contributed by atoms with Gasteiger partial charge in [0.05, 0.1) is 17.7 Å². The average Bonchev–Trinajstić information content (AvgIpc) is 2.88. The van der Waals surface area contributed by atoms with Crippen molar-refractivity contribution in [2.45, 2.75) is 30.3 Å². The number of anilines is 1. The monoisotopic (exact) mass is 326 g/mol. The van der Waals surface area contributed by atoms with Crippen LogP contribution in [-0.2, 0) is 4.74 Å². The van der Waals surface area contributed by atoms with E-state index in [-0.39, 0.29) is 24.4 Å².